The molecule has 0 unspecified atom stereocenters. The number of anilines is 1. The summed E-state index contributed by atoms with van der Waals surface area (Å²) in [6.45, 7) is 4.30. The maximum absolute atomic E-state index is 13.2. The molecular formula is C28H40N6O8. The van der Waals surface area contributed by atoms with E-state index in [0.29, 0.717) is 18.7 Å². The summed E-state index contributed by atoms with van der Waals surface area (Å²) in [7, 11) is 1.58. The average molecular weight is 589 g/mol. The van der Waals surface area contributed by atoms with E-state index < -0.39 is 47.7 Å². The Morgan fingerprint density at radius 2 is 1.62 bits per heavy atom. The number of hydrogen-bond donors (Lipinski definition) is 5. The first-order valence-corrected chi connectivity index (χ1v) is 13.6. The lowest BCUT2D eigenvalue weighted by Gasteiger charge is -2.25. The Hall–Kier alpha value is -4.30. The molecule has 7 amide bonds. The molecule has 42 heavy (non-hydrogen) atoms. The van der Waals surface area contributed by atoms with Crippen LogP contribution in [0.25, 0.3) is 0 Å². The lowest BCUT2D eigenvalue weighted by atomic mass is 10.0. The second kappa shape index (κ2) is 17.5. The number of urea groups is 1. The summed E-state index contributed by atoms with van der Waals surface area (Å²) in [5.41, 5.74) is 6.56. The van der Waals surface area contributed by atoms with Crippen LogP contribution in [0.15, 0.2) is 36.4 Å². The number of carbonyl (C=O) groups is 6. The van der Waals surface area contributed by atoms with Crippen molar-refractivity contribution in [3.05, 3.63) is 42.0 Å². The number of nitrogens with one attached hydrogen (secondary N) is 4. The van der Waals surface area contributed by atoms with Gasteiger partial charge in [-0.15, -0.1) is 0 Å². The molecule has 6 N–H and O–H groups in total. The quantitative estimate of drug-likeness (QED) is 0.118. The van der Waals surface area contributed by atoms with Crippen molar-refractivity contribution in [1.82, 2.24) is 20.9 Å². The zero-order valence-electron chi connectivity index (χ0n) is 24.1. The summed E-state index contributed by atoms with van der Waals surface area (Å²) in [6.07, 6.45) is 2.86. The third kappa shape index (κ3) is 11.7. The summed E-state index contributed by atoms with van der Waals surface area (Å²) >= 11 is 0. The standard InChI is InChI=1S/C28H40N6O8/c1-18(2)25(33-22(35)12-15-42-16-14-34-23(36)10-11-24(34)37)27(39)32-21(5-4-13-30-28(29)40)26(38)31-20-8-6-19(7-9-20)17-41-3/h6-11,18,21,25H,4-5,12-17H2,1-3H3,(H,31,38)(H,32,39)(H,33,35)(H3,29,30,40)/t21-,25-/m0/s1. The topological polar surface area (TPSA) is 198 Å². The number of rotatable bonds is 18. The molecule has 1 aromatic rings. The van der Waals surface area contributed by atoms with Gasteiger partial charge < -0.3 is 36.5 Å². The van der Waals surface area contributed by atoms with Gasteiger partial charge in [0.05, 0.1) is 26.4 Å². The minimum absolute atomic E-state index is 0.0168. The minimum atomic E-state index is -0.960. The first-order valence-electron chi connectivity index (χ1n) is 13.6. The smallest absolute Gasteiger partial charge is 0.312 e. The fourth-order valence-electron chi connectivity index (χ4n) is 3.98. The number of amides is 7. The van der Waals surface area contributed by atoms with Crippen molar-refractivity contribution in [3.63, 3.8) is 0 Å². The number of imide groups is 1. The molecule has 14 nitrogen and oxygen atoms in total. The second-order valence-electron chi connectivity index (χ2n) is 9.93. The van der Waals surface area contributed by atoms with Crippen LogP contribution in [0.5, 0.6) is 0 Å². The Morgan fingerprint density at radius 1 is 0.952 bits per heavy atom. The van der Waals surface area contributed by atoms with Crippen LogP contribution in [0.4, 0.5) is 10.5 Å². The van der Waals surface area contributed by atoms with Gasteiger partial charge in [0.2, 0.25) is 17.7 Å². The molecule has 0 saturated carbocycles. The SMILES string of the molecule is COCc1ccc(NC(=O)[C@H](CCCNC(N)=O)NC(=O)[C@@H](NC(=O)CCOCCN2C(=O)C=CC2=O)C(C)C)cc1. The lowest BCUT2D eigenvalue weighted by Crippen LogP contribution is -2.54. The monoisotopic (exact) mass is 588 g/mol. The molecule has 0 radical (unpaired) electrons. The molecule has 1 heterocycles. The molecule has 1 aliphatic rings. The highest BCUT2D eigenvalue weighted by Crippen LogP contribution is 2.12. The molecule has 230 valence electrons. The Labute approximate surface area is 244 Å². The van der Waals surface area contributed by atoms with Crippen LogP contribution >= 0.6 is 0 Å². The number of benzene rings is 1. The van der Waals surface area contributed by atoms with Gasteiger partial charge >= 0.3 is 6.03 Å². The Kier molecular flexibility index (Phi) is 14.1. The maximum Gasteiger partial charge on any atom is 0.312 e. The van der Waals surface area contributed by atoms with Gasteiger partial charge in [0.1, 0.15) is 12.1 Å². The van der Waals surface area contributed by atoms with Crippen LogP contribution in [0, 0.1) is 5.92 Å². The lowest BCUT2D eigenvalue weighted by molar-refractivity contribution is -0.138. The molecule has 0 aromatic heterocycles. The number of carbonyl (C=O) groups excluding carboxylic acids is 6. The van der Waals surface area contributed by atoms with Gasteiger partial charge in [0.25, 0.3) is 11.8 Å². The third-order valence-corrected chi connectivity index (χ3v) is 6.23. The van der Waals surface area contributed by atoms with Crippen LogP contribution in [0.1, 0.15) is 38.7 Å². The van der Waals surface area contributed by atoms with Crippen molar-refractivity contribution in [2.75, 3.05) is 38.7 Å². The molecular weight excluding hydrogens is 548 g/mol. The van der Waals surface area contributed by atoms with E-state index in [4.69, 9.17) is 15.2 Å². The van der Waals surface area contributed by atoms with Gasteiger partial charge in [-0.25, -0.2) is 4.79 Å². The molecule has 1 aliphatic heterocycles. The van der Waals surface area contributed by atoms with E-state index in [0.717, 1.165) is 10.5 Å². The van der Waals surface area contributed by atoms with Gasteiger partial charge in [-0.1, -0.05) is 26.0 Å². The van der Waals surface area contributed by atoms with E-state index in [1.807, 2.05) is 0 Å². The van der Waals surface area contributed by atoms with Crippen molar-refractivity contribution >= 4 is 41.3 Å². The third-order valence-electron chi connectivity index (χ3n) is 6.23. The van der Waals surface area contributed by atoms with E-state index in [-0.39, 0.29) is 45.1 Å². The highest BCUT2D eigenvalue weighted by Gasteiger charge is 2.29. The van der Waals surface area contributed by atoms with Gasteiger partial charge in [0.15, 0.2) is 0 Å². The first kappa shape index (κ1) is 33.9. The predicted molar refractivity (Wildman–Crippen MR) is 153 cm³/mol. The number of hydrogen-bond acceptors (Lipinski definition) is 8. The Morgan fingerprint density at radius 3 is 2.21 bits per heavy atom. The van der Waals surface area contributed by atoms with Crippen LogP contribution < -0.4 is 27.0 Å². The zero-order valence-corrected chi connectivity index (χ0v) is 24.1. The van der Waals surface area contributed by atoms with Crippen molar-refractivity contribution < 1.29 is 38.2 Å². The molecule has 0 aliphatic carbocycles. The molecule has 1 aromatic carbocycles. The number of methoxy groups -OCH3 is 1. The van der Waals surface area contributed by atoms with Crippen LogP contribution in [0.2, 0.25) is 0 Å². The van der Waals surface area contributed by atoms with E-state index in [1.54, 1.807) is 45.2 Å². The fourth-order valence-corrected chi connectivity index (χ4v) is 3.98. The zero-order chi connectivity index (χ0) is 31.1. The van der Waals surface area contributed by atoms with Crippen LogP contribution in [0.3, 0.4) is 0 Å². The van der Waals surface area contributed by atoms with Crippen molar-refractivity contribution in [2.45, 2.75) is 51.8 Å². The van der Waals surface area contributed by atoms with E-state index in [9.17, 15) is 28.8 Å². The molecule has 0 fully saturated rings. The molecule has 0 saturated heterocycles. The predicted octanol–water partition coefficient (Wildman–Crippen LogP) is 0.177. The van der Waals surface area contributed by atoms with Crippen molar-refractivity contribution in [3.8, 4) is 0 Å². The normalized spacial score (nSPS) is 14.0. The van der Waals surface area contributed by atoms with Gasteiger partial charge in [-0.05, 0) is 36.5 Å². The number of nitrogens with zero attached hydrogens (tertiary/aromatic N) is 1. The number of nitrogens with two attached hydrogens (primary N) is 1. The Balaban J connectivity index is 1.92. The number of ether oxygens (including phenoxy) is 2. The summed E-state index contributed by atoms with van der Waals surface area (Å²) in [6, 6.07) is 4.46. The summed E-state index contributed by atoms with van der Waals surface area (Å²) in [5.74, 6) is -2.58. The minimum Gasteiger partial charge on any atom is -0.380 e. The first-order chi connectivity index (χ1) is 20.0. The van der Waals surface area contributed by atoms with E-state index in [1.165, 1.54) is 12.2 Å². The molecule has 2 atom stereocenters. The summed E-state index contributed by atoms with van der Waals surface area (Å²) in [4.78, 5) is 74.1. The van der Waals surface area contributed by atoms with Gasteiger partial charge in [-0.3, -0.25) is 28.9 Å². The van der Waals surface area contributed by atoms with Crippen LogP contribution in [-0.4, -0.2) is 86.0 Å². The Bertz CT molecular complexity index is 1120. The highest BCUT2D eigenvalue weighted by molar-refractivity contribution is 6.12. The van der Waals surface area contributed by atoms with Crippen LogP contribution in [-0.2, 0) is 40.1 Å². The molecule has 2 rings (SSSR count). The number of primary amides is 1. The van der Waals surface area contributed by atoms with Gasteiger partial charge in [-0.2, -0.15) is 0 Å². The maximum atomic E-state index is 13.2. The second-order valence-corrected chi connectivity index (χ2v) is 9.93. The highest BCUT2D eigenvalue weighted by atomic mass is 16.5. The molecule has 0 bridgehead atoms. The summed E-state index contributed by atoms with van der Waals surface area (Å²) < 4.78 is 10.5. The molecule has 14 heteroatoms. The van der Waals surface area contributed by atoms with Crippen molar-refractivity contribution in [2.24, 2.45) is 11.7 Å². The summed E-state index contributed by atoms with van der Waals surface area (Å²) in [5, 5.41) is 10.6. The fraction of sp³-hybridized carbons (Fsp3) is 0.500. The van der Waals surface area contributed by atoms with Crippen molar-refractivity contribution in [1.29, 1.82) is 0 Å². The molecule has 0 spiro atoms. The average Bonchev–Trinajstić information content (AvgIpc) is 3.26. The van der Waals surface area contributed by atoms with Gasteiger partial charge in [0, 0.05) is 37.9 Å². The van der Waals surface area contributed by atoms with E-state index >= 15 is 0 Å². The van der Waals surface area contributed by atoms with E-state index in [2.05, 4.69) is 21.3 Å². The largest absolute Gasteiger partial charge is 0.380 e.